The summed E-state index contributed by atoms with van der Waals surface area (Å²) in [7, 11) is 0. The van der Waals surface area contributed by atoms with E-state index >= 15 is 4.39 Å². The van der Waals surface area contributed by atoms with Gasteiger partial charge in [-0.3, -0.25) is 9.59 Å². The number of benzene rings is 2. The van der Waals surface area contributed by atoms with Gasteiger partial charge in [0.25, 0.3) is 5.91 Å². The molecule has 3 heterocycles. The first-order chi connectivity index (χ1) is 22.6. The van der Waals surface area contributed by atoms with Crippen LogP contribution in [0.5, 0.6) is 0 Å². The Morgan fingerprint density at radius 2 is 1.89 bits per heavy atom. The van der Waals surface area contributed by atoms with Crippen LogP contribution in [0.4, 0.5) is 10.1 Å². The van der Waals surface area contributed by atoms with E-state index in [1.54, 1.807) is 22.7 Å². The molecule has 1 amide bonds. The van der Waals surface area contributed by atoms with Gasteiger partial charge in [0, 0.05) is 48.6 Å². The van der Waals surface area contributed by atoms with Gasteiger partial charge < -0.3 is 15.0 Å². The molecule has 8 nitrogen and oxygen atoms in total. The van der Waals surface area contributed by atoms with Gasteiger partial charge in [-0.15, -0.1) is 0 Å². The van der Waals surface area contributed by atoms with E-state index in [1.165, 1.54) is 16.7 Å². The summed E-state index contributed by atoms with van der Waals surface area (Å²) >= 11 is 0. The molecule has 1 aliphatic carbocycles. The van der Waals surface area contributed by atoms with Gasteiger partial charge in [0.2, 0.25) is 0 Å². The lowest BCUT2D eigenvalue weighted by Gasteiger charge is -2.29. The van der Waals surface area contributed by atoms with Gasteiger partial charge in [-0.1, -0.05) is 30.3 Å². The lowest BCUT2D eigenvalue weighted by Crippen LogP contribution is -2.36. The van der Waals surface area contributed by atoms with E-state index in [0.717, 1.165) is 37.2 Å². The molecule has 246 valence electrons. The Bertz CT molecular complexity index is 1840. The van der Waals surface area contributed by atoms with Crippen LogP contribution in [-0.2, 0) is 16.0 Å². The summed E-state index contributed by atoms with van der Waals surface area (Å²) in [6, 6.07) is 17.0. The van der Waals surface area contributed by atoms with Gasteiger partial charge in [-0.2, -0.15) is 5.10 Å². The summed E-state index contributed by atoms with van der Waals surface area (Å²) in [6.07, 6.45) is 5.66. The van der Waals surface area contributed by atoms with E-state index in [4.69, 9.17) is 9.84 Å². The number of carbonyl (C=O) groups is 2. The third kappa shape index (κ3) is 6.66. The third-order valence-corrected chi connectivity index (χ3v) is 9.84. The minimum absolute atomic E-state index is 0.110. The summed E-state index contributed by atoms with van der Waals surface area (Å²) in [6.45, 7) is 12.0. The van der Waals surface area contributed by atoms with Crippen molar-refractivity contribution in [3.63, 3.8) is 0 Å². The van der Waals surface area contributed by atoms with Gasteiger partial charge in [-0.25, -0.2) is 13.9 Å². The van der Waals surface area contributed by atoms with Crippen LogP contribution in [0.3, 0.4) is 0 Å². The zero-order valence-electron chi connectivity index (χ0n) is 28.0. The number of amides is 1. The number of nitrogens with one attached hydrogen (secondary N) is 1. The van der Waals surface area contributed by atoms with Crippen molar-refractivity contribution in [2.24, 2.45) is 11.3 Å². The van der Waals surface area contributed by atoms with Crippen molar-refractivity contribution in [3.8, 4) is 11.3 Å². The van der Waals surface area contributed by atoms with Gasteiger partial charge in [0.05, 0.1) is 17.7 Å². The maximum absolute atomic E-state index is 15.7. The largest absolute Gasteiger partial charge is 0.466 e. The van der Waals surface area contributed by atoms with Crippen LogP contribution in [0, 0.1) is 17.2 Å². The molecule has 0 unspecified atom stereocenters. The van der Waals surface area contributed by atoms with Crippen molar-refractivity contribution in [1.29, 1.82) is 0 Å². The Hall–Kier alpha value is -4.53. The van der Waals surface area contributed by atoms with Gasteiger partial charge in [-0.05, 0) is 107 Å². The quantitative estimate of drug-likeness (QED) is 0.175. The zero-order valence-corrected chi connectivity index (χ0v) is 28.0. The zero-order chi connectivity index (χ0) is 33.3. The Morgan fingerprint density at radius 1 is 1.11 bits per heavy atom. The number of hydrogen-bond donors (Lipinski definition) is 1. The second kappa shape index (κ2) is 13.3. The average Bonchev–Trinajstić information content (AvgIpc) is 3.61. The van der Waals surface area contributed by atoms with Crippen molar-refractivity contribution >= 4 is 28.8 Å². The normalized spacial score (nSPS) is 16.9. The Morgan fingerprint density at radius 3 is 2.62 bits per heavy atom. The van der Waals surface area contributed by atoms with Gasteiger partial charge in [0.15, 0.2) is 5.65 Å². The monoisotopic (exact) mass is 637 g/mol. The molecule has 1 atom stereocenters. The third-order valence-electron chi connectivity index (χ3n) is 9.84. The van der Waals surface area contributed by atoms with Crippen LogP contribution in [0.1, 0.15) is 87.1 Å². The fraction of sp³-hybridized carbons (Fsp3) is 0.421. The molecule has 0 radical (unpaired) electrons. The average molecular weight is 638 g/mol. The van der Waals surface area contributed by atoms with E-state index in [-0.39, 0.29) is 23.6 Å². The lowest BCUT2D eigenvalue weighted by atomic mass is 9.78. The fourth-order valence-corrected chi connectivity index (χ4v) is 6.57. The summed E-state index contributed by atoms with van der Waals surface area (Å²) in [5.74, 6) is -0.397. The van der Waals surface area contributed by atoms with Crippen molar-refractivity contribution in [1.82, 2.24) is 19.9 Å². The lowest BCUT2D eigenvalue weighted by molar-refractivity contribution is -0.156. The number of allylic oxidation sites excluding steroid dienone is 2. The Kier molecular flexibility index (Phi) is 9.17. The first-order valence-electron chi connectivity index (χ1n) is 16.7. The van der Waals surface area contributed by atoms with E-state index in [1.807, 2.05) is 52.0 Å². The maximum Gasteiger partial charge on any atom is 0.311 e. The van der Waals surface area contributed by atoms with E-state index in [9.17, 15) is 9.59 Å². The van der Waals surface area contributed by atoms with Gasteiger partial charge >= 0.3 is 5.97 Å². The van der Waals surface area contributed by atoms with Crippen molar-refractivity contribution in [2.75, 3.05) is 31.1 Å². The highest BCUT2D eigenvalue weighted by molar-refractivity contribution is 5.93. The molecule has 0 bridgehead atoms. The van der Waals surface area contributed by atoms with Crippen LogP contribution in [0.2, 0.25) is 0 Å². The van der Waals surface area contributed by atoms with Gasteiger partial charge in [0.1, 0.15) is 11.5 Å². The van der Waals surface area contributed by atoms with Crippen LogP contribution >= 0.6 is 0 Å². The molecule has 0 spiro atoms. The number of rotatable bonds is 11. The number of carbonyl (C=O) groups excluding carboxylic acids is 2. The number of hydrogen-bond acceptors (Lipinski definition) is 6. The highest BCUT2D eigenvalue weighted by Gasteiger charge is 2.42. The van der Waals surface area contributed by atoms with E-state index < -0.39 is 5.41 Å². The number of aromatic nitrogens is 3. The first kappa shape index (κ1) is 32.4. The molecule has 4 aromatic rings. The molecular formula is C38H44FN5O3. The molecule has 9 heteroatoms. The number of fused-ring (bicyclic) bond motifs is 1. The number of anilines is 1. The van der Waals surface area contributed by atoms with E-state index in [2.05, 4.69) is 40.3 Å². The molecule has 1 N–H and O–H groups in total. The Balaban J connectivity index is 1.19. The number of esters is 1. The van der Waals surface area contributed by atoms with Crippen molar-refractivity contribution < 1.29 is 18.7 Å². The summed E-state index contributed by atoms with van der Waals surface area (Å²) in [5.41, 5.74) is 6.38. The predicted octanol–water partition coefficient (Wildman–Crippen LogP) is 7.22. The standard InChI is InChI=1S/C38H44FN5O3/c1-6-24(3)29-11-9-8-10-25(29)16-18-40-36(45)33-21-34(26-12-13-26)44-35(41-33)22-32(42-44)30-15-14-28(20-31(30)39)43-19-17-27(23-43)38(4,5)37(46)47-7-2/h6,8-11,14-15,20-22,26-27H,7,12-13,16-19,23H2,1-5H3,(H,40,45)/b24-6-/t27-/m1/s1. The molecule has 2 aromatic heterocycles. The summed E-state index contributed by atoms with van der Waals surface area (Å²) in [4.78, 5) is 32.6. The summed E-state index contributed by atoms with van der Waals surface area (Å²) in [5, 5.41) is 7.81. The van der Waals surface area contributed by atoms with Crippen LogP contribution in [0.25, 0.3) is 22.5 Å². The maximum atomic E-state index is 15.7. The molecule has 47 heavy (non-hydrogen) atoms. The topological polar surface area (TPSA) is 88.8 Å². The molecule has 2 aliphatic rings. The van der Waals surface area contributed by atoms with Crippen molar-refractivity contribution in [2.45, 2.75) is 66.2 Å². The second-order valence-electron chi connectivity index (χ2n) is 13.3. The second-order valence-corrected chi connectivity index (χ2v) is 13.3. The number of halogens is 1. The predicted molar refractivity (Wildman–Crippen MR) is 183 cm³/mol. The van der Waals surface area contributed by atoms with E-state index in [0.29, 0.717) is 54.6 Å². The number of nitrogens with zero attached hydrogens (tertiary/aromatic N) is 4. The smallest absolute Gasteiger partial charge is 0.311 e. The molecule has 1 saturated heterocycles. The summed E-state index contributed by atoms with van der Waals surface area (Å²) < 4.78 is 22.8. The molecule has 6 rings (SSSR count). The minimum atomic E-state index is -0.613. The van der Waals surface area contributed by atoms with Crippen molar-refractivity contribution in [3.05, 3.63) is 89.0 Å². The Labute approximate surface area is 276 Å². The molecule has 1 saturated carbocycles. The van der Waals surface area contributed by atoms with Crippen LogP contribution < -0.4 is 10.2 Å². The highest BCUT2D eigenvalue weighted by Crippen LogP contribution is 2.41. The molecule has 1 aliphatic heterocycles. The molecule has 2 aromatic carbocycles. The number of ether oxygens (including phenoxy) is 1. The first-order valence-corrected chi connectivity index (χ1v) is 16.7. The minimum Gasteiger partial charge on any atom is -0.466 e. The van der Waals surface area contributed by atoms with Crippen LogP contribution in [0.15, 0.2) is 60.7 Å². The van der Waals surface area contributed by atoms with Crippen LogP contribution in [-0.4, -0.2) is 52.7 Å². The SMILES string of the molecule is C/C=C(/C)c1ccccc1CCNC(=O)c1cc(C2CC2)n2nc(-c3ccc(N4CC[C@@H](C(C)(C)C(=O)OCC)C4)cc3F)cc2n1. The molecular weight excluding hydrogens is 593 g/mol. The molecule has 2 fully saturated rings. The highest BCUT2D eigenvalue weighted by atomic mass is 19.1. The fourth-order valence-electron chi connectivity index (χ4n) is 6.57.